The quantitative estimate of drug-likeness (QED) is 0.772. The molecule has 2 N–H and O–H groups in total. The Morgan fingerprint density at radius 3 is 2.83 bits per heavy atom. The topological polar surface area (TPSA) is 50.4 Å². The van der Waals surface area contributed by atoms with Crippen molar-refractivity contribution >= 4 is 22.9 Å². The maximum absolute atomic E-state index is 12.3. The summed E-state index contributed by atoms with van der Waals surface area (Å²) >= 11 is 1.74. The van der Waals surface area contributed by atoms with Gasteiger partial charge in [-0.1, -0.05) is 13.0 Å². The van der Waals surface area contributed by atoms with Crippen molar-refractivity contribution in [2.24, 2.45) is 0 Å². The molecule has 1 amide bonds. The summed E-state index contributed by atoms with van der Waals surface area (Å²) in [5.74, 6) is -0.0649. The van der Waals surface area contributed by atoms with Crippen LogP contribution in [0.3, 0.4) is 0 Å². The Morgan fingerprint density at radius 2 is 2.17 bits per heavy atom. The van der Waals surface area contributed by atoms with E-state index in [0.29, 0.717) is 12.2 Å². The smallest absolute Gasteiger partial charge is 0.251 e. The van der Waals surface area contributed by atoms with E-state index in [0.717, 1.165) is 18.7 Å². The van der Waals surface area contributed by atoms with Crippen molar-refractivity contribution in [3.8, 4) is 0 Å². The monoisotopic (exact) mass is 332 g/mol. The molecule has 2 aromatic rings. The number of methoxy groups -OCH3 is 1. The molecule has 0 aliphatic carbocycles. The fourth-order valence-electron chi connectivity index (χ4n) is 2.27. The molecule has 1 heterocycles. The van der Waals surface area contributed by atoms with Crippen LogP contribution in [0.25, 0.3) is 0 Å². The summed E-state index contributed by atoms with van der Waals surface area (Å²) in [6, 6.07) is 9.75. The molecular weight excluding hydrogens is 308 g/mol. The van der Waals surface area contributed by atoms with Crippen molar-refractivity contribution in [3.63, 3.8) is 0 Å². The number of ether oxygens (including phenoxy) is 1. The van der Waals surface area contributed by atoms with Crippen molar-refractivity contribution < 1.29 is 9.53 Å². The molecular formula is C18H24N2O2S. The van der Waals surface area contributed by atoms with Crippen LogP contribution in [-0.4, -0.2) is 25.7 Å². The minimum atomic E-state index is -0.0649. The molecule has 1 aromatic heterocycles. The van der Waals surface area contributed by atoms with E-state index in [9.17, 15) is 4.79 Å². The molecule has 0 bridgehead atoms. The maximum Gasteiger partial charge on any atom is 0.251 e. The lowest BCUT2D eigenvalue weighted by molar-refractivity contribution is 0.0894. The van der Waals surface area contributed by atoms with Crippen LogP contribution in [0.15, 0.2) is 35.7 Å². The van der Waals surface area contributed by atoms with Gasteiger partial charge in [-0.2, -0.15) is 0 Å². The molecule has 1 unspecified atom stereocenters. The molecule has 0 saturated heterocycles. The van der Waals surface area contributed by atoms with Gasteiger partial charge in [0.05, 0.1) is 12.6 Å². The number of carbonyl (C=O) groups is 1. The van der Waals surface area contributed by atoms with E-state index in [1.807, 2.05) is 31.2 Å². The Bertz CT molecular complexity index is 639. The van der Waals surface area contributed by atoms with Crippen molar-refractivity contribution in [2.45, 2.75) is 32.9 Å². The highest BCUT2D eigenvalue weighted by Crippen LogP contribution is 2.18. The zero-order valence-corrected chi connectivity index (χ0v) is 14.7. The van der Waals surface area contributed by atoms with Gasteiger partial charge in [-0.05, 0) is 48.6 Å². The first-order valence-electron chi connectivity index (χ1n) is 7.80. The number of amides is 1. The van der Waals surface area contributed by atoms with Crippen LogP contribution < -0.4 is 10.6 Å². The highest BCUT2D eigenvalue weighted by molar-refractivity contribution is 7.10. The Hall–Kier alpha value is -1.85. The number of benzene rings is 1. The van der Waals surface area contributed by atoms with E-state index in [1.54, 1.807) is 18.4 Å². The Morgan fingerprint density at radius 1 is 1.35 bits per heavy atom. The highest BCUT2D eigenvalue weighted by atomic mass is 32.1. The van der Waals surface area contributed by atoms with Gasteiger partial charge < -0.3 is 15.4 Å². The lowest BCUT2D eigenvalue weighted by atomic mass is 10.1. The van der Waals surface area contributed by atoms with Crippen molar-refractivity contribution in [3.05, 3.63) is 51.7 Å². The Kier molecular flexibility index (Phi) is 6.62. The first kappa shape index (κ1) is 17.5. The summed E-state index contributed by atoms with van der Waals surface area (Å²) in [6.07, 6.45) is 0.842. The minimum absolute atomic E-state index is 0.0397. The van der Waals surface area contributed by atoms with Crippen LogP contribution in [0.1, 0.15) is 34.1 Å². The number of hydrogen-bond donors (Lipinski definition) is 2. The SMILES string of the molecule is CCC(COC)NC(=O)c1cccc(NCc2sccc2C)c1. The third kappa shape index (κ3) is 5.08. The predicted octanol–water partition coefficient (Wildman–Crippen LogP) is 3.82. The first-order chi connectivity index (χ1) is 11.1. The van der Waals surface area contributed by atoms with E-state index in [-0.39, 0.29) is 11.9 Å². The summed E-state index contributed by atoms with van der Waals surface area (Å²) < 4.78 is 5.12. The molecule has 1 aromatic carbocycles. The molecule has 1 atom stereocenters. The number of rotatable bonds is 8. The van der Waals surface area contributed by atoms with E-state index in [1.165, 1.54) is 10.4 Å². The van der Waals surface area contributed by atoms with E-state index < -0.39 is 0 Å². The fraction of sp³-hybridized carbons (Fsp3) is 0.389. The molecule has 0 aliphatic heterocycles. The largest absolute Gasteiger partial charge is 0.383 e. The minimum Gasteiger partial charge on any atom is -0.383 e. The fourth-order valence-corrected chi connectivity index (χ4v) is 3.12. The molecule has 5 heteroatoms. The van der Waals surface area contributed by atoms with Crippen LogP contribution in [0, 0.1) is 6.92 Å². The number of anilines is 1. The maximum atomic E-state index is 12.3. The van der Waals surface area contributed by atoms with Crippen molar-refractivity contribution in [1.82, 2.24) is 5.32 Å². The summed E-state index contributed by atoms with van der Waals surface area (Å²) in [7, 11) is 1.64. The van der Waals surface area contributed by atoms with Gasteiger partial charge in [0, 0.05) is 29.8 Å². The molecule has 0 aliphatic rings. The molecule has 23 heavy (non-hydrogen) atoms. The zero-order valence-electron chi connectivity index (χ0n) is 13.9. The summed E-state index contributed by atoms with van der Waals surface area (Å²) in [5, 5.41) is 8.48. The number of hydrogen-bond acceptors (Lipinski definition) is 4. The average molecular weight is 332 g/mol. The number of aryl methyl sites for hydroxylation is 1. The third-order valence-corrected chi connectivity index (χ3v) is 4.76. The van der Waals surface area contributed by atoms with Crippen LogP contribution >= 0.6 is 11.3 Å². The second-order valence-corrected chi connectivity index (χ2v) is 6.50. The van der Waals surface area contributed by atoms with Gasteiger partial charge in [0.25, 0.3) is 5.91 Å². The van der Waals surface area contributed by atoms with Crippen LogP contribution in [0.4, 0.5) is 5.69 Å². The summed E-state index contributed by atoms with van der Waals surface area (Å²) in [5.41, 5.74) is 2.90. The van der Waals surface area contributed by atoms with Gasteiger partial charge in [0.2, 0.25) is 0 Å². The van der Waals surface area contributed by atoms with Gasteiger partial charge in [0.1, 0.15) is 0 Å². The second kappa shape index (κ2) is 8.70. The predicted molar refractivity (Wildman–Crippen MR) is 96.2 cm³/mol. The lowest BCUT2D eigenvalue weighted by Gasteiger charge is -2.16. The van der Waals surface area contributed by atoms with E-state index in [4.69, 9.17) is 4.74 Å². The molecule has 4 nitrogen and oxygen atoms in total. The lowest BCUT2D eigenvalue weighted by Crippen LogP contribution is -2.37. The van der Waals surface area contributed by atoms with Gasteiger partial charge in [-0.3, -0.25) is 4.79 Å². The normalized spacial score (nSPS) is 12.0. The Labute approximate surface area is 141 Å². The van der Waals surface area contributed by atoms with Crippen LogP contribution in [0.5, 0.6) is 0 Å². The molecule has 0 spiro atoms. The number of carbonyl (C=O) groups excluding carboxylic acids is 1. The molecule has 0 saturated carbocycles. The Balaban J connectivity index is 1.98. The summed E-state index contributed by atoms with van der Waals surface area (Å²) in [6.45, 7) is 5.44. The number of nitrogens with one attached hydrogen (secondary N) is 2. The van der Waals surface area contributed by atoms with E-state index in [2.05, 4.69) is 29.0 Å². The number of thiophene rings is 1. The van der Waals surface area contributed by atoms with Crippen molar-refractivity contribution in [1.29, 1.82) is 0 Å². The second-order valence-electron chi connectivity index (χ2n) is 5.50. The van der Waals surface area contributed by atoms with Gasteiger partial charge in [-0.15, -0.1) is 11.3 Å². The molecule has 0 radical (unpaired) electrons. The van der Waals surface area contributed by atoms with Crippen LogP contribution in [-0.2, 0) is 11.3 Å². The zero-order chi connectivity index (χ0) is 16.7. The van der Waals surface area contributed by atoms with Gasteiger partial charge >= 0.3 is 0 Å². The van der Waals surface area contributed by atoms with E-state index >= 15 is 0 Å². The molecule has 2 rings (SSSR count). The van der Waals surface area contributed by atoms with Gasteiger partial charge in [0.15, 0.2) is 0 Å². The third-order valence-electron chi connectivity index (χ3n) is 3.74. The first-order valence-corrected chi connectivity index (χ1v) is 8.68. The van der Waals surface area contributed by atoms with Crippen LogP contribution in [0.2, 0.25) is 0 Å². The molecule has 124 valence electrons. The highest BCUT2D eigenvalue weighted by Gasteiger charge is 2.12. The standard InChI is InChI=1S/C18H24N2O2S/c1-4-15(12-22-3)20-18(21)14-6-5-7-16(10-14)19-11-17-13(2)8-9-23-17/h5-10,15,19H,4,11-12H2,1-3H3,(H,20,21). The summed E-state index contributed by atoms with van der Waals surface area (Å²) in [4.78, 5) is 13.6. The van der Waals surface area contributed by atoms with Crippen molar-refractivity contribution in [2.75, 3.05) is 19.0 Å². The van der Waals surface area contributed by atoms with Gasteiger partial charge in [-0.25, -0.2) is 0 Å². The average Bonchev–Trinajstić information content (AvgIpc) is 2.97. The molecule has 0 fully saturated rings.